The fourth-order valence-corrected chi connectivity index (χ4v) is 2.33. The molecule has 8 heteroatoms. The Hall–Kier alpha value is -0.570. The van der Waals surface area contributed by atoms with E-state index in [1.54, 1.807) is 0 Å². The molecule has 0 radical (unpaired) electrons. The van der Waals surface area contributed by atoms with Crippen LogP contribution in [0.2, 0.25) is 0 Å². The second-order valence-corrected chi connectivity index (χ2v) is 5.84. The number of Topliss-reactive ketones (excluding diaryl/α,β-unsaturated/α-hetero) is 1. The number of ether oxygens (including phenoxy) is 2. The fourth-order valence-electron chi connectivity index (χ4n) is 1.56. The van der Waals surface area contributed by atoms with Crippen LogP contribution in [0.4, 0.5) is 0 Å². The van der Waals surface area contributed by atoms with Gasteiger partial charge in [-0.05, 0) is 31.9 Å². The molecule has 6 nitrogen and oxygen atoms in total. The first-order chi connectivity index (χ1) is 9.99. The van der Waals surface area contributed by atoms with Crippen molar-refractivity contribution in [3.8, 4) is 0 Å². The molecule has 0 aliphatic carbocycles. The monoisotopic (exact) mass is 425 g/mol. The summed E-state index contributed by atoms with van der Waals surface area (Å²) in [5, 5.41) is 0. The Kier molecular flexibility index (Phi) is 8.31. The molecule has 0 aromatic carbocycles. The first-order valence-electron chi connectivity index (χ1n) is 6.57. The first kappa shape index (κ1) is 18.5. The molecule has 1 aliphatic heterocycles. The van der Waals surface area contributed by atoms with Gasteiger partial charge in [0, 0.05) is 12.8 Å². The Morgan fingerprint density at radius 2 is 1.52 bits per heavy atom. The van der Waals surface area contributed by atoms with E-state index in [1.807, 2.05) is 6.92 Å². The van der Waals surface area contributed by atoms with Gasteiger partial charge in [0.15, 0.2) is 0 Å². The number of halogens is 2. The average Bonchev–Trinajstić information content (AvgIpc) is 2.66. The van der Waals surface area contributed by atoms with Crippen molar-refractivity contribution in [1.29, 1.82) is 0 Å². The Bertz CT molecular complexity index is 426. The number of amides is 2. The average molecular weight is 427 g/mol. The van der Waals surface area contributed by atoms with E-state index >= 15 is 0 Å². The van der Waals surface area contributed by atoms with Crippen LogP contribution in [0.5, 0.6) is 0 Å². The molecule has 0 fully saturated rings. The van der Waals surface area contributed by atoms with Crippen LogP contribution >= 0.6 is 31.9 Å². The summed E-state index contributed by atoms with van der Waals surface area (Å²) in [7, 11) is 0. The van der Waals surface area contributed by atoms with Gasteiger partial charge < -0.3 is 9.47 Å². The van der Waals surface area contributed by atoms with Gasteiger partial charge in [-0.25, -0.2) is 0 Å². The van der Waals surface area contributed by atoms with Gasteiger partial charge in [-0.2, -0.15) is 0 Å². The summed E-state index contributed by atoms with van der Waals surface area (Å²) in [4.78, 5) is 35.5. The SMILES string of the molecule is CCC(=O)CCOCCOCCN1C(=O)C(Br)=C(Br)C1=O. The molecule has 0 spiro atoms. The van der Waals surface area contributed by atoms with Crippen molar-refractivity contribution >= 4 is 49.5 Å². The van der Waals surface area contributed by atoms with Gasteiger partial charge >= 0.3 is 0 Å². The number of imide groups is 1. The molecule has 1 rings (SSSR count). The molecule has 21 heavy (non-hydrogen) atoms. The summed E-state index contributed by atoms with van der Waals surface area (Å²) in [5.74, 6) is -0.569. The summed E-state index contributed by atoms with van der Waals surface area (Å²) < 4.78 is 11.0. The highest BCUT2D eigenvalue weighted by atomic mass is 79.9. The molecule has 0 bridgehead atoms. The molecule has 0 saturated carbocycles. The van der Waals surface area contributed by atoms with Gasteiger partial charge in [0.1, 0.15) is 14.7 Å². The van der Waals surface area contributed by atoms with Crippen LogP contribution in [0.15, 0.2) is 8.96 Å². The summed E-state index contributed by atoms with van der Waals surface area (Å²) in [6.45, 7) is 3.38. The zero-order chi connectivity index (χ0) is 15.8. The lowest BCUT2D eigenvalue weighted by Crippen LogP contribution is -2.34. The minimum absolute atomic E-state index is 0.172. The van der Waals surface area contributed by atoms with Crippen molar-refractivity contribution in [3.63, 3.8) is 0 Å². The maximum atomic E-state index is 11.7. The lowest BCUT2D eigenvalue weighted by Gasteiger charge is -2.14. The first-order valence-corrected chi connectivity index (χ1v) is 8.16. The van der Waals surface area contributed by atoms with E-state index in [1.165, 1.54) is 0 Å². The Morgan fingerprint density at radius 1 is 1.00 bits per heavy atom. The summed E-state index contributed by atoms with van der Waals surface area (Å²) in [6.07, 6.45) is 0.942. The lowest BCUT2D eigenvalue weighted by molar-refractivity contribution is -0.137. The fraction of sp³-hybridized carbons (Fsp3) is 0.615. The van der Waals surface area contributed by atoms with Crippen LogP contribution < -0.4 is 0 Å². The zero-order valence-electron chi connectivity index (χ0n) is 11.7. The quantitative estimate of drug-likeness (QED) is 0.393. The minimum atomic E-state index is -0.371. The molecular formula is C13H17Br2NO5. The lowest BCUT2D eigenvalue weighted by atomic mass is 10.2. The van der Waals surface area contributed by atoms with Crippen molar-refractivity contribution in [2.45, 2.75) is 19.8 Å². The van der Waals surface area contributed by atoms with Crippen LogP contribution in [-0.2, 0) is 23.9 Å². The number of ketones is 1. The maximum Gasteiger partial charge on any atom is 0.269 e. The minimum Gasteiger partial charge on any atom is -0.379 e. The molecule has 0 saturated heterocycles. The van der Waals surface area contributed by atoms with E-state index in [9.17, 15) is 14.4 Å². The van der Waals surface area contributed by atoms with Crippen molar-refractivity contribution < 1.29 is 23.9 Å². The molecular weight excluding hydrogens is 410 g/mol. The van der Waals surface area contributed by atoms with Crippen LogP contribution in [0.1, 0.15) is 19.8 Å². The normalized spacial score (nSPS) is 15.3. The highest BCUT2D eigenvalue weighted by molar-refractivity contribution is 9.14. The highest BCUT2D eigenvalue weighted by Gasteiger charge is 2.35. The summed E-state index contributed by atoms with van der Waals surface area (Å²) in [5.41, 5.74) is 0. The summed E-state index contributed by atoms with van der Waals surface area (Å²) in [6, 6.07) is 0. The topological polar surface area (TPSA) is 72.9 Å². The molecule has 1 aliphatic rings. The van der Waals surface area contributed by atoms with E-state index in [2.05, 4.69) is 31.9 Å². The third-order valence-electron chi connectivity index (χ3n) is 2.81. The maximum absolute atomic E-state index is 11.7. The third kappa shape index (κ3) is 5.61. The van der Waals surface area contributed by atoms with Gasteiger partial charge in [0.2, 0.25) is 0 Å². The van der Waals surface area contributed by atoms with E-state index in [0.717, 1.165) is 4.90 Å². The molecule has 0 N–H and O–H groups in total. The number of nitrogens with zero attached hydrogens (tertiary/aromatic N) is 1. The number of carbonyl (C=O) groups excluding carboxylic acids is 3. The van der Waals surface area contributed by atoms with E-state index < -0.39 is 0 Å². The molecule has 0 aromatic heterocycles. The predicted octanol–water partition coefficient (Wildman–Crippen LogP) is 1.76. The Morgan fingerprint density at radius 3 is 2.05 bits per heavy atom. The van der Waals surface area contributed by atoms with Gasteiger partial charge in [0.05, 0.1) is 33.0 Å². The van der Waals surface area contributed by atoms with Crippen LogP contribution in [0.3, 0.4) is 0 Å². The summed E-state index contributed by atoms with van der Waals surface area (Å²) >= 11 is 6.10. The molecule has 118 valence electrons. The molecule has 0 unspecified atom stereocenters. The molecule has 0 aromatic rings. The number of hydrogen-bond donors (Lipinski definition) is 0. The van der Waals surface area contributed by atoms with E-state index in [0.29, 0.717) is 32.7 Å². The Labute approximate surface area is 140 Å². The molecule has 2 amide bonds. The number of carbonyl (C=O) groups is 3. The van der Waals surface area contributed by atoms with E-state index in [4.69, 9.17) is 9.47 Å². The number of rotatable bonds is 10. The van der Waals surface area contributed by atoms with Crippen molar-refractivity contribution in [3.05, 3.63) is 8.96 Å². The third-order valence-corrected chi connectivity index (χ3v) is 4.81. The Balaban J connectivity index is 2.07. The van der Waals surface area contributed by atoms with Gasteiger partial charge in [-0.15, -0.1) is 0 Å². The van der Waals surface area contributed by atoms with Gasteiger partial charge in [-0.3, -0.25) is 19.3 Å². The number of hydrogen-bond acceptors (Lipinski definition) is 5. The predicted molar refractivity (Wildman–Crippen MR) is 83.2 cm³/mol. The molecule has 1 heterocycles. The van der Waals surface area contributed by atoms with Crippen LogP contribution in [0.25, 0.3) is 0 Å². The van der Waals surface area contributed by atoms with Crippen LogP contribution in [-0.4, -0.2) is 55.5 Å². The van der Waals surface area contributed by atoms with E-state index in [-0.39, 0.29) is 39.7 Å². The second-order valence-electron chi connectivity index (χ2n) is 4.26. The highest BCUT2D eigenvalue weighted by Crippen LogP contribution is 2.28. The standard InChI is InChI=1S/C13H17Br2NO5/c1-2-9(17)3-5-20-7-8-21-6-4-16-12(18)10(14)11(15)13(16)19/h2-8H2,1H3. The second kappa shape index (κ2) is 9.45. The van der Waals surface area contributed by atoms with Crippen molar-refractivity contribution in [2.24, 2.45) is 0 Å². The molecule has 0 atom stereocenters. The largest absolute Gasteiger partial charge is 0.379 e. The smallest absolute Gasteiger partial charge is 0.269 e. The van der Waals surface area contributed by atoms with Gasteiger partial charge in [-0.1, -0.05) is 6.92 Å². The van der Waals surface area contributed by atoms with Crippen molar-refractivity contribution in [2.75, 3.05) is 33.0 Å². The van der Waals surface area contributed by atoms with Crippen LogP contribution in [0, 0.1) is 0 Å². The van der Waals surface area contributed by atoms with Gasteiger partial charge in [0.25, 0.3) is 11.8 Å². The van der Waals surface area contributed by atoms with Crippen molar-refractivity contribution in [1.82, 2.24) is 4.90 Å². The zero-order valence-corrected chi connectivity index (χ0v) is 14.9.